The van der Waals surface area contributed by atoms with Crippen molar-refractivity contribution in [3.8, 4) is 33.8 Å². The fourth-order valence-electron chi connectivity index (χ4n) is 5.16. The van der Waals surface area contributed by atoms with E-state index in [1.54, 1.807) is 6.07 Å². The molecule has 41 heavy (non-hydrogen) atoms. The summed E-state index contributed by atoms with van der Waals surface area (Å²) in [5.41, 5.74) is 8.91. The molecule has 6 rings (SSSR count). The predicted molar refractivity (Wildman–Crippen MR) is 164 cm³/mol. The van der Waals surface area contributed by atoms with Crippen molar-refractivity contribution in [1.29, 1.82) is 0 Å². The summed E-state index contributed by atoms with van der Waals surface area (Å²) in [5, 5.41) is 13.1. The van der Waals surface area contributed by atoms with Crippen LogP contribution in [0, 0.1) is 5.82 Å². The molecule has 0 atom stereocenters. The van der Waals surface area contributed by atoms with Crippen LogP contribution in [0.2, 0.25) is 0 Å². The summed E-state index contributed by atoms with van der Waals surface area (Å²) in [5.74, 6) is -0.273. The number of H-pyrrole nitrogens is 2. The van der Waals surface area contributed by atoms with Crippen LogP contribution in [0.5, 0.6) is 0 Å². The van der Waals surface area contributed by atoms with Gasteiger partial charge in [-0.25, -0.2) is 4.39 Å². The van der Waals surface area contributed by atoms with Crippen LogP contribution in [-0.2, 0) is 6.54 Å². The maximum atomic E-state index is 14.7. The van der Waals surface area contributed by atoms with E-state index < -0.39 is 0 Å². The first-order chi connectivity index (χ1) is 19.8. The predicted octanol–water partition coefficient (Wildman–Crippen LogP) is 6.01. The fraction of sp³-hybridized carbons (Fsp3) is 0.219. The summed E-state index contributed by atoms with van der Waals surface area (Å²) in [6, 6.07) is 17.4. The van der Waals surface area contributed by atoms with Crippen LogP contribution in [0.4, 0.5) is 10.1 Å². The molecular weight excluding hydrogens is 515 g/mol. The van der Waals surface area contributed by atoms with Gasteiger partial charge in [0.05, 0.1) is 23.1 Å². The number of nitrogens with one attached hydrogen (secondary N) is 3. The Kier molecular flexibility index (Phi) is 7.21. The molecule has 8 nitrogen and oxygen atoms in total. The number of nitrogens with zero attached hydrogens (tertiary/aromatic N) is 5. The summed E-state index contributed by atoms with van der Waals surface area (Å²) >= 11 is 0. The third-order valence-electron chi connectivity index (χ3n) is 7.05. The van der Waals surface area contributed by atoms with E-state index in [-0.39, 0.29) is 5.82 Å². The van der Waals surface area contributed by atoms with E-state index in [2.05, 4.69) is 58.5 Å². The maximum absolute atomic E-state index is 14.7. The summed E-state index contributed by atoms with van der Waals surface area (Å²) in [6.45, 7) is 2.39. The summed E-state index contributed by atoms with van der Waals surface area (Å²) in [6.07, 6.45) is 5.53. The van der Waals surface area contributed by atoms with Gasteiger partial charge in [0.25, 0.3) is 0 Å². The highest BCUT2D eigenvalue weighted by Gasteiger charge is 2.16. The molecular formula is C32H33FN8. The molecule has 208 valence electrons. The molecule has 4 heterocycles. The van der Waals surface area contributed by atoms with E-state index in [0.29, 0.717) is 0 Å². The topological polar surface area (TPSA) is 88.8 Å². The molecule has 0 unspecified atom stereocenters. The van der Waals surface area contributed by atoms with Crippen molar-refractivity contribution < 1.29 is 4.39 Å². The second kappa shape index (κ2) is 11.1. The fourth-order valence-corrected chi connectivity index (χ4v) is 5.16. The molecule has 0 spiro atoms. The van der Waals surface area contributed by atoms with E-state index in [9.17, 15) is 4.39 Å². The standard InChI is InChI=1S/C32H33FN8/c1-40(2)9-8-35-24-12-21(11-23(33)13-24)25-6-5-7-28-26(25)14-30(37-28)32-27-15-29(36-18-31(27)38-39-32)22-10-20(16-34-17-22)19-41(3)4/h5-7,10-18,35,37H,8-9,19H2,1-4H3,(H,38,39). The molecule has 0 saturated heterocycles. The summed E-state index contributed by atoms with van der Waals surface area (Å²) in [7, 11) is 8.11. The van der Waals surface area contributed by atoms with Crippen LogP contribution in [0.15, 0.2) is 73.2 Å². The molecule has 0 aliphatic carbocycles. The number of anilines is 1. The van der Waals surface area contributed by atoms with Gasteiger partial charge < -0.3 is 20.1 Å². The highest BCUT2D eigenvalue weighted by Crippen LogP contribution is 2.36. The first-order valence-electron chi connectivity index (χ1n) is 13.6. The Morgan fingerprint density at radius 1 is 0.854 bits per heavy atom. The Bertz CT molecular complexity index is 1840. The number of pyridine rings is 2. The molecule has 4 aromatic heterocycles. The number of aromatic amines is 2. The molecule has 6 aromatic rings. The van der Waals surface area contributed by atoms with Gasteiger partial charge in [0.15, 0.2) is 0 Å². The zero-order valence-corrected chi connectivity index (χ0v) is 23.7. The number of hydrogen-bond donors (Lipinski definition) is 3. The van der Waals surface area contributed by atoms with Crippen LogP contribution in [0.25, 0.3) is 55.6 Å². The van der Waals surface area contributed by atoms with Crippen LogP contribution in [-0.4, -0.2) is 76.2 Å². The number of halogens is 1. The van der Waals surface area contributed by atoms with Crippen molar-refractivity contribution in [1.82, 2.24) is 34.9 Å². The molecule has 0 radical (unpaired) electrons. The third kappa shape index (κ3) is 5.68. The molecule has 3 N–H and O–H groups in total. The Balaban J connectivity index is 1.37. The van der Waals surface area contributed by atoms with E-state index in [1.165, 1.54) is 6.07 Å². The van der Waals surface area contributed by atoms with E-state index in [4.69, 9.17) is 0 Å². The minimum Gasteiger partial charge on any atom is -0.384 e. The Labute approximate surface area is 238 Å². The number of likely N-dealkylation sites (N-methyl/N-ethyl adjacent to an activating group) is 1. The molecule has 0 bridgehead atoms. The smallest absolute Gasteiger partial charge is 0.125 e. The van der Waals surface area contributed by atoms with Gasteiger partial charge in [-0.2, -0.15) is 5.10 Å². The third-order valence-corrected chi connectivity index (χ3v) is 7.05. The van der Waals surface area contributed by atoms with Crippen molar-refractivity contribution in [3.05, 3.63) is 84.6 Å². The molecule has 0 fully saturated rings. The van der Waals surface area contributed by atoms with Crippen LogP contribution in [0.3, 0.4) is 0 Å². The number of aromatic nitrogens is 5. The molecule has 0 aliphatic rings. The minimum absolute atomic E-state index is 0.273. The highest BCUT2D eigenvalue weighted by atomic mass is 19.1. The first-order valence-corrected chi connectivity index (χ1v) is 13.6. The SMILES string of the molecule is CN(C)CCNc1cc(F)cc(-c2cccc3[nH]c(-c4n[nH]c5cnc(-c6cncc(CN(C)C)c6)cc45)cc23)c1. The summed E-state index contributed by atoms with van der Waals surface area (Å²) in [4.78, 5) is 16.8. The zero-order valence-electron chi connectivity index (χ0n) is 23.7. The Morgan fingerprint density at radius 3 is 2.56 bits per heavy atom. The van der Waals surface area contributed by atoms with Crippen LogP contribution < -0.4 is 5.32 Å². The first kappa shape index (κ1) is 26.6. The largest absolute Gasteiger partial charge is 0.384 e. The molecule has 0 aliphatic heterocycles. The van der Waals surface area contributed by atoms with E-state index in [0.717, 1.165) is 86.5 Å². The maximum Gasteiger partial charge on any atom is 0.125 e. The average Bonchev–Trinajstić information content (AvgIpc) is 3.56. The van der Waals surface area contributed by atoms with Gasteiger partial charge in [0.2, 0.25) is 0 Å². The Morgan fingerprint density at radius 2 is 1.73 bits per heavy atom. The monoisotopic (exact) mass is 548 g/mol. The van der Waals surface area contributed by atoms with E-state index in [1.807, 2.05) is 71.0 Å². The lowest BCUT2D eigenvalue weighted by molar-refractivity contribution is 0.402. The molecule has 0 saturated carbocycles. The van der Waals surface area contributed by atoms with Gasteiger partial charge in [-0.3, -0.25) is 15.1 Å². The number of benzene rings is 2. The highest BCUT2D eigenvalue weighted by molar-refractivity contribution is 6.01. The van der Waals surface area contributed by atoms with Crippen molar-refractivity contribution in [2.75, 3.05) is 46.6 Å². The number of rotatable bonds is 9. The lowest BCUT2D eigenvalue weighted by Crippen LogP contribution is -2.20. The lowest BCUT2D eigenvalue weighted by atomic mass is 10.0. The second-order valence-corrected chi connectivity index (χ2v) is 10.9. The van der Waals surface area contributed by atoms with Gasteiger partial charge in [0.1, 0.15) is 11.5 Å². The normalized spacial score (nSPS) is 11.8. The number of hydrogen-bond acceptors (Lipinski definition) is 6. The minimum atomic E-state index is -0.273. The van der Waals surface area contributed by atoms with Crippen molar-refractivity contribution in [3.63, 3.8) is 0 Å². The van der Waals surface area contributed by atoms with Gasteiger partial charge in [0, 0.05) is 59.6 Å². The number of fused-ring (bicyclic) bond motifs is 2. The average molecular weight is 549 g/mol. The van der Waals surface area contributed by atoms with Gasteiger partial charge in [-0.1, -0.05) is 12.1 Å². The van der Waals surface area contributed by atoms with Crippen molar-refractivity contribution >= 4 is 27.5 Å². The second-order valence-electron chi connectivity index (χ2n) is 10.9. The van der Waals surface area contributed by atoms with Crippen LogP contribution >= 0.6 is 0 Å². The Hall–Kier alpha value is -4.60. The van der Waals surface area contributed by atoms with Gasteiger partial charge in [-0.05, 0) is 87.3 Å². The summed E-state index contributed by atoms with van der Waals surface area (Å²) < 4.78 is 14.7. The molecule has 0 amide bonds. The van der Waals surface area contributed by atoms with Gasteiger partial charge in [-0.15, -0.1) is 0 Å². The van der Waals surface area contributed by atoms with Gasteiger partial charge >= 0.3 is 0 Å². The van der Waals surface area contributed by atoms with Crippen LogP contribution in [0.1, 0.15) is 5.56 Å². The lowest BCUT2D eigenvalue weighted by Gasteiger charge is -2.13. The zero-order chi connectivity index (χ0) is 28.5. The van der Waals surface area contributed by atoms with Crippen molar-refractivity contribution in [2.24, 2.45) is 0 Å². The van der Waals surface area contributed by atoms with E-state index >= 15 is 0 Å². The molecule has 2 aromatic carbocycles. The quantitative estimate of drug-likeness (QED) is 0.205. The molecule has 9 heteroatoms. The van der Waals surface area contributed by atoms with Crippen molar-refractivity contribution in [2.45, 2.75) is 6.54 Å².